The lowest BCUT2D eigenvalue weighted by Crippen LogP contribution is -2.39. The smallest absolute Gasteiger partial charge is 0.239 e. The van der Waals surface area contributed by atoms with E-state index in [4.69, 9.17) is 11.0 Å². The summed E-state index contributed by atoms with van der Waals surface area (Å²) in [6.07, 6.45) is 2.04. The molecule has 0 spiro atoms. The van der Waals surface area contributed by atoms with Crippen LogP contribution in [0.3, 0.4) is 0 Å². The number of nitrogens with two attached hydrogens (primary N) is 1. The Morgan fingerprint density at radius 2 is 1.93 bits per heavy atom. The molecule has 0 bridgehead atoms. The van der Waals surface area contributed by atoms with Gasteiger partial charge in [-0.2, -0.15) is 5.26 Å². The Morgan fingerprint density at radius 1 is 1.20 bits per heavy atom. The maximum atomic E-state index is 11.1. The molecule has 0 atom stereocenters. The van der Waals surface area contributed by atoms with E-state index >= 15 is 0 Å². The fourth-order valence-electron chi connectivity index (χ4n) is 0.870. The SMILES string of the molecule is N#CCCCCNC(=O)CNC(=O)CN. The Balaban J connectivity index is 3.34. The number of hydrogen-bond donors (Lipinski definition) is 3. The number of unbranched alkanes of at least 4 members (excludes halogenated alkanes) is 2. The largest absolute Gasteiger partial charge is 0.355 e. The molecule has 6 heteroatoms. The van der Waals surface area contributed by atoms with E-state index in [0.717, 1.165) is 12.8 Å². The van der Waals surface area contributed by atoms with Gasteiger partial charge in [-0.3, -0.25) is 9.59 Å². The van der Waals surface area contributed by atoms with E-state index in [2.05, 4.69) is 10.6 Å². The van der Waals surface area contributed by atoms with E-state index in [1.54, 1.807) is 0 Å². The zero-order chi connectivity index (χ0) is 11.5. The summed E-state index contributed by atoms with van der Waals surface area (Å²) in [5.41, 5.74) is 5.04. The number of rotatable bonds is 7. The second kappa shape index (κ2) is 8.97. The van der Waals surface area contributed by atoms with Crippen molar-refractivity contribution in [3.8, 4) is 6.07 Å². The highest BCUT2D eigenvalue weighted by Crippen LogP contribution is 1.90. The van der Waals surface area contributed by atoms with Crippen molar-refractivity contribution < 1.29 is 9.59 Å². The number of nitrogens with zero attached hydrogens (tertiary/aromatic N) is 1. The molecule has 4 N–H and O–H groups in total. The number of carbonyl (C=O) groups excluding carboxylic acids is 2. The Kier molecular flexibility index (Phi) is 8.00. The average Bonchev–Trinajstić information content (AvgIpc) is 2.25. The molecule has 0 aliphatic rings. The van der Waals surface area contributed by atoms with Gasteiger partial charge in [-0.05, 0) is 12.8 Å². The topological polar surface area (TPSA) is 108 Å². The molecule has 0 aliphatic carbocycles. The van der Waals surface area contributed by atoms with Crippen molar-refractivity contribution in [3.63, 3.8) is 0 Å². The molecular weight excluding hydrogens is 196 g/mol. The van der Waals surface area contributed by atoms with E-state index in [1.165, 1.54) is 0 Å². The Morgan fingerprint density at radius 3 is 2.53 bits per heavy atom. The highest BCUT2D eigenvalue weighted by molar-refractivity contribution is 5.85. The molecule has 2 amide bonds. The first-order valence-corrected chi connectivity index (χ1v) is 4.81. The lowest BCUT2D eigenvalue weighted by Gasteiger charge is -2.05. The Labute approximate surface area is 88.8 Å². The predicted octanol–water partition coefficient (Wildman–Crippen LogP) is -1.13. The third-order valence-corrected chi connectivity index (χ3v) is 1.67. The van der Waals surface area contributed by atoms with Gasteiger partial charge < -0.3 is 16.4 Å². The van der Waals surface area contributed by atoms with Gasteiger partial charge in [0.2, 0.25) is 11.8 Å². The monoisotopic (exact) mass is 212 g/mol. The van der Waals surface area contributed by atoms with Gasteiger partial charge in [0.1, 0.15) is 0 Å². The highest BCUT2D eigenvalue weighted by Gasteiger charge is 2.02. The molecule has 0 heterocycles. The first-order chi connectivity index (χ1) is 7.20. The Bertz CT molecular complexity index is 247. The summed E-state index contributed by atoms with van der Waals surface area (Å²) >= 11 is 0. The quantitative estimate of drug-likeness (QED) is 0.464. The van der Waals surface area contributed by atoms with Crippen molar-refractivity contribution in [2.45, 2.75) is 19.3 Å². The molecule has 84 valence electrons. The number of nitriles is 1. The minimum absolute atomic E-state index is 0.0473. The summed E-state index contributed by atoms with van der Waals surface area (Å²) in [5.74, 6) is -0.594. The van der Waals surface area contributed by atoms with Crippen molar-refractivity contribution >= 4 is 11.8 Å². The molecule has 0 rings (SSSR count). The predicted molar refractivity (Wildman–Crippen MR) is 54.5 cm³/mol. The van der Waals surface area contributed by atoms with E-state index < -0.39 is 0 Å². The van der Waals surface area contributed by atoms with Crippen LogP contribution in [-0.4, -0.2) is 31.4 Å². The van der Waals surface area contributed by atoms with Gasteiger partial charge in [-0.25, -0.2) is 0 Å². The van der Waals surface area contributed by atoms with Gasteiger partial charge in [0.15, 0.2) is 0 Å². The first kappa shape index (κ1) is 13.4. The maximum Gasteiger partial charge on any atom is 0.239 e. The summed E-state index contributed by atoms with van der Waals surface area (Å²) in [6.45, 7) is 0.364. The van der Waals surface area contributed by atoms with Crippen molar-refractivity contribution in [2.24, 2.45) is 5.73 Å². The van der Waals surface area contributed by atoms with Crippen LogP contribution in [0.2, 0.25) is 0 Å². The van der Waals surface area contributed by atoms with Crippen molar-refractivity contribution in [3.05, 3.63) is 0 Å². The summed E-state index contributed by atoms with van der Waals surface area (Å²) in [7, 11) is 0. The number of amides is 2. The molecule has 0 aliphatic heterocycles. The summed E-state index contributed by atoms with van der Waals surface area (Å²) < 4.78 is 0. The fraction of sp³-hybridized carbons (Fsp3) is 0.667. The third kappa shape index (κ3) is 8.71. The molecule has 0 saturated carbocycles. The van der Waals surface area contributed by atoms with E-state index in [0.29, 0.717) is 13.0 Å². The normalized spacial score (nSPS) is 9.07. The van der Waals surface area contributed by atoms with Crippen LogP contribution in [0.4, 0.5) is 0 Å². The molecule has 0 radical (unpaired) electrons. The van der Waals surface area contributed by atoms with E-state index in [-0.39, 0.29) is 24.9 Å². The van der Waals surface area contributed by atoms with Gasteiger partial charge in [0, 0.05) is 13.0 Å². The molecular formula is C9H16N4O2. The van der Waals surface area contributed by atoms with Crippen LogP contribution >= 0.6 is 0 Å². The minimum Gasteiger partial charge on any atom is -0.355 e. The number of nitrogens with one attached hydrogen (secondary N) is 2. The summed E-state index contributed by atoms with van der Waals surface area (Å²) in [6, 6.07) is 2.02. The van der Waals surface area contributed by atoms with Crippen LogP contribution in [0, 0.1) is 11.3 Å². The Hall–Kier alpha value is -1.61. The summed E-state index contributed by atoms with van der Waals surface area (Å²) in [4.78, 5) is 21.7. The van der Waals surface area contributed by atoms with Crippen LogP contribution in [0.5, 0.6) is 0 Å². The van der Waals surface area contributed by atoms with Crippen LogP contribution in [0.25, 0.3) is 0 Å². The van der Waals surface area contributed by atoms with Crippen LogP contribution < -0.4 is 16.4 Å². The van der Waals surface area contributed by atoms with Crippen molar-refractivity contribution in [1.82, 2.24) is 10.6 Å². The van der Waals surface area contributed by atoms with Crippen LogP contribution in [0.15, 0.2) is 0 Å². The lowest BCUT2D eigenvalue weighted by atomic mass is 10.2. The average molecular weight is 212 g/mol. The molecule has 0 unspecified atom stereocenters. The van der Waals surface area contributed by atoms with E-state index in [9.17, 15) is 9.59 Å². The third-order valence-electron chi connectivity index (χ3n) is 1.67. The van der Waals surface area contributed by atoms with Gasteiger partial charge in [-0.1, -0.05) is 0 Å². The molecule has 0 saturated heterocycles. The number of carbonyl (C=O) groups is 2. The lowest BCUT2D eigenvalue weighted by molar-refractivity contribution is -0.125. The molecule has 0 aromatic rings. The zero-order valence-corrected chi connectivity index (χ0v) is 8.58. The van der Waals surface area contributed by atoms with Gasteiger partial charge >= 0.3 is 0 Å². The maximum absolute atomic E-state index is 11.1. The minimum atomic E-state index is -0.352. The standard InChI is InChI=1S/C9H16N4O2/c10-4-2-1-3-5-12-9(15)7-13-8(14)6-11/h1-3,5-7,11H2,(H,12,15)(H,13,14). The second-order valence-corrected chi connectivity index (χ2v) is 2.95. The fourth-order valence-corrected chi connectivity index (χ4v) is 0.870. The second-order valence-electron chi connectivity index (χ2n) is 2.95. The molecule has 0 aromatic carbocycles. The highest BCUT2D eigenvalue weighted by atomic mass is 16.2. The molecule has 15 heavy (non-hydrogen) atoms. The molecule has 0 fully saturated rings. The van der Waals surface area contributed by atoms with E-state index in [1.807, 2.05) is 6.07 Å². The molecule has 0 aromatic heterocycles. The van der Waals surface area contributed by atoms with Crippen LogP contribution in [0.1, 0.15) is 19.3 Å². The van der Waals surface area contributed by atoms with Gasteiger partial charge in [0.25, 0.3) is 0 Å². The summed E-state index contributed by atoms with van der Waals surface area (Å²) in [5, 5.41) is 13.2. The zero-order valence-electron chi connectivity index (χ0n) is 8.58. The molecule has 6 nitrogen and oxygen atoms in total. The van der Waals surface area contributed by atoms with Gasteiger partial charge in [-0.15, -0.1) is 0 Å². The van der Waals surface area contributed by atoms with Crippen molar-refractivity contribution in [1.29, 1.82) is 5.26 Å². The first-order valence-electron chi connectivity index (χ1n) is 4.81. The van der Waals surface area contributed by atoms with Crippen molar-refractivity contribution in [2.75, 3.05) is 19.6 Å². The van der Waals surface area contributed by atoms with Gasteiger partial charge in [0.05, 0.1) is 19.2 Å². The number of hydrogen-bond acceptors (Lipinski definition) is 4. The van der Waals surface area contributed by atoms with Crippen LogP contribution in [-0.2, 0) is 9.59 Å².